The summed E-state index contributed by atoms with van der Waals surface area (Å²) in [5.74, 6) is 0.681. The van der Waals surface area contributed by atoms with Gasteiger partial charge in [0, 0.05) is 53.9 Å². The van der Waals surface area contributed by atoms with Gasteiger partial charge in [-0.2, -0.15) is 0 Å². The fourth-order valence-corrected chi connectivity index (χ4v) is 4.98. The van der Waals surface area contributed by atoms with Crippen LogP contribution in [0.1, 0.15) is 0 Å². The fraction of sp³-hybridized carbons (Fsp3) is 0. The zero-order chi connectivity index (χ0) is 28.1. The van der Waals surface area contributed by atoms with Crippen LogP contribution in [-0.2, 0) is 0 Å². The molecule has 198 valence electrons. The summed E-state index contributed by atoms with van der Waals surface area (Å²) in [6.07, 6.45) is 10.9. The summed E-state index contributed by atoms with van der Waals surface area (Å²) in [5, 5.41) is 0. The minimum atomic E-state index is 0.681. The van der Waals surface area contributed by atoms with Crippen LogP contribution in [0.5, 0.6) is 0 Å². The summed E-state index contributed by atoms with van der Waals surface area (Å²) in [7, 11) is 0. The summed E-state index contributed by atoms with van der Waals surface area (Å²) in [6, 6.07) is 39.5. The Balaban J connectivity index is 1.29. The third kappa shape index (κ3) is 5.31. The molecule has 0 N–H and O–H groups in total. The van der Waals surface area contributed by atoms with Gasteiger partial charge in [-0.15, -0.1) is 0 Å². The lowest BCUT2D eigenvalue weighted by atomic mass is 10.0. The molecular formula is C37H25N5. The Bertz CT molecular complexity index is 1680. The van der Waals surface area contributed by atoms with Crippen LogP contribution in [0, 0.1) is 0 Å². The molecule has 5 nitrogen and oxygen atoms in total. The number of hydrogen-bond acceptors (Lipinski definition) is 5. The van der Waals surface area contributed by atoms with E-state index in [9.17, 15) is 0 Å². The van der Waals surface area contributed by atoms with E-state index in [0.29, 0.717) is 5.82 Å². The van der Waals surface area contributed by atoms with Gasteiger partial charge in [0.15, 0.2) is 5.82 Å². The molecule has 0 spiro atoms. The van der Waals surface area contributed by atoms with Crippen LogP contribution in [-0.4, -0.2) is 24.9 Å². The summed E-state index contributed by atoms with van der Waals surface area (Å²) in [5.41, 5.74) is 11.5. The van der Waals surface area contributed by atoms with Gasteiger partial charge in [-0.05, 0) is 75.8 Å². The first kappa shape index (κ1) is 25.2. The number of aromatic nitrogens is 5. The second kappa shape index (κ2) is 11.4. The highest BCUT2D eigenvalue weighted by Gasteiger charge is 2.12. The van der Waals surface area contributed by atoms with Crippen molar-refractivity contribution in [2.24, 2.45) is 0 Å². The summed E-state index contributed by atoms with van der Waals surface area (Å²) < 4.78 is 0. The molecule has 0 amide bonds. The second-order valence-corrected chi connectivity index (χ2v) is 9.90. The van der Waals surface area contributed by atoms with Gasteiger partial charge in [-0.25, -0.2) is 9.97 Å². The van der Waals surface area contributed by atoms with E-state index in [2.05, 4.69) is 93.8 Å². The number of benzene rings is 3. The van der Waals surface area contributed by atoms with Crippen molar-refractivity contribution in [3.05, 3.63) is 152 Å². The van der Waals surface area contributed by atoms with E-state index in [-0.39, 0.29) is 0 Å². The first-order valence-electron chi connectivity index (χ1n) is 13.7. The van der Waals surface area contributed by atoms with Crippen molar-refractivity contribution in [2.75, 3.05) is 0 Å². The van der Waals surface area contributed by atoms with Crippen molar-refractivity contribution >= 4 is 0 Å². The van der Waals surface area contributed by atoms with E-state index < -0.39 is 0 Å². The molecule has 4 heterocycles. The van der Waals surface area contributed by atoms with Gasteiger partial charge in [0.1, 0.15) is 0 Å². The molecule has 0 aliphatic heterocycles. The highest BCUT2D eigenvalue weighted by Crippen LogP contribution is 2.31. The minimum Gasteiger partial charge on any atom is -0.265 e. The lowest BCUT2D eigenvalue weighted by Gasteiger charge is -2.11. The van der Waals surface area contributed by atoms with E-state index in [4.69, 9.17) is 9.97 Å². The van der Waals surface area contributed by atoms with Crippen LogP contribution in [0.15, 0.2) is 152 Å². The summed E-state index contributed by atoms with van der Waals surface area (Å²) in [6.45, 7) is 0. The molecule has 4 aromatic heterocycles. The van der Waals surface area contributed by atoms with Crippen LogP contribution in [0.4, 0.5) is 0 Å². The maximum atomic E-state index is 5.03. The predicted molar refractivity (Wildman–Crippen MR) is 168 cm³/mol. The SMILES string of the molecule is c1cc(-c2ccc(-c3cc(-c4ccc(-c5ccncc5)cc4)nc(-c4ccc(-c5ccncc5)cc4)n3)cc2)ccn1. The lowest BCUT2D eigenvalue weighted by Crippen LogP contribution is -1.96. The monoisotopic (exact) mass is 539 g/mol. The van der Waals surface area contributed by atoms with Gasteiger partial charge < -0.3 is 0 Å². The van der Waals surface area contributed by atoms with E-state index in [1.165, 1.54) is 0 Å². The number of nitrogens with zero attached hydrogens (tertiary/aromatic N) is 5. The lowest BCUT2D eigenvalue weighted by molar-refractivity contribution is 1.18. The zero-order valence-electron chi connectivity index (χ0n) is 22.7. The maximum Gasteiger partial charge on any atom is 0.160 e. The standard InChI is InChI=1S/C37H25N5/c1-7-32(8-2-26(1)29-13-19-38-20-14-29)35-25-36(33-9-3-27(4-10-33)30-15-21-39-22-16-30)42-37(41-35)34-11-5-28(6-12-34)31-17-23-40-24-18-31/h1-25H. The largest absolute Gasteiger partial charge is 0.265 e. The highest BCUT2D eigenvalue weighted by molar-refractivity contribution is 5.76. The zero-order valence-corrected chi connectivity index (χ0v) is 22.7. The third-order valence-electron chi connectivity index (χ3n) is 7.27. The van der Waals surface area contributed by atoms with E-state index in [0.717, 1.165) is 61.5 Å². The molecule has 0 radical (unpaired) electrons. The van der Waals surface area contributed by atoms with Crippen LogP contribution in [0.25, 0.3) is 67.3 Å². The van der Waals surface area contributed by atoms with Crippen molar-refractivity contribution in [3.8, 4) is 67.3 Å². The minimum absolute atomic E-state index is 0.681. The molecule has 5 heteroatoms. The first-order chi connectivity index (χ1) is 20.8. The number of rotatable bonds is 6. The topological polar surface area (TPSA) is 64.5 Å². The van der Waals surface area contributed by atoms with Crippen molar-refractivity contribution in [3.63, 3.8) is 0 Å². The van der Waals surface area contributed by atoms with Gasteiger partial charge in [-0.1, -0.05) is 72.8 Å². The molecule has 7 rings (SSSR count). The Hall–Kier alpha value is -5.81. The quantitative estimate of drug-likeness (QED) is 0.212. The normalized spacial score (nSPS) is 10.9. The van der Waals surface area contributed by atoms with Gasteiger partial charge in [0.25, 0.3) is 0 Å². The molecule has 0 fully saturated rings. The molecule has 0 aliphatic rings. The van der Waals surface area contributed by atoms with Crippen LogP contribution < -0.4 is 0 Å². The molecule has 0 saturated heterocycles. The van der Waals surface area contributed by atoms with Crippen molar-refractivity contribution in [1.29, 1.82) is 0 Å². The van der Waals surface area contributed by atoms with Crippen LogP contribution >= 0.6 is 0 Å². The van der Waals surface area contributed by atoms with Gasteiger partial charge in [0.2, 0.25) is 0 Å². The van der Waals surface area contributed by atoms with E-state index in [1.807, 2.05) is 73.6 Å². The first-order valence-corrected chi connectivity index (χ1v) is 13.7. The molecule has 0 saturated carbocycles. The summed E-state index contributed by atoms with van der Waals surface area (Å²) in [4.78, 5) is 22.5. The molecular weight excluding hydrogens is 514 g/mol. The average Bonchev–Trinajstić information content (AvgIpc) is 3.09. The third-order valence-corrected chi connectivity index (χ3v) is 7.27. The van der Waals surface area contributed by atoms with Gasteiger partial charge in [-0.3, -0.25) is 15.0 Å². The Labute approximate surface area is 244 Å². The molecule has 0 unspecified atom stereocenters. The fourth-order valence-electron chi connectivity index (χ4n) is 4.98. The average molecular weight is 540 g/mol. The smallest absolute Gasteiger partial charge is 0.160 e. The van der Waals surface area contributed by atoms with Crippen molar-refractivity contribution in [1.82, 2.24) is 24.9 Å². The Morgan fingerprint density at radius 2 is 0.524 bits per heavy atom. The van der Waals surface area contributed by atoms with Crippen molar-refractivity contribution in [2.45, 2.75) is 0 Å². The van der Waals surface area contributed by atoms with Gasteiger partial charge >= 0.3 is 0 Å². The number of hydrogen-bond donors (Lipinski definition) is 0. The molecule has 0 bridgehead atoms. The Morgan fingerprint density at radius 1 is 0.262 bits per heavy atom. The highest BCUT2D eigenvalue weighted by atomic mass is 14.9. The van der Waals surface area contributed by atoms with Crippen molar-refractivity contribution < 1.29 is 0 Å². The second-order valence-electron chi connectivity index (χ2n) is 9.90. The molecule has 0 aliphatic carbocycles. The maximum absolute atomic E-state index is 5.03. The van der Waals surface area contributed by atoms with Gasteiger partial charge in [0.05, 0.1) is 11.4 Å². The molecule has 3 aromatic carbocycles. The summed E-state index contributed by atoms with van der Waals surface area (Å²) >= 11 is 0. The molecule has 7 aromatic rings. The Kier molecular flexibility index (Phi) is 6.81. The van der Waals surface area contributed by atoms with Crippen LogP contribution in [0.3, 0.4) is 0 Å². The van der Waals surface area contributed by atoms with E-state index in [1.54, 1.807) is 0 Å². The van der Waals surface area contributed by atoms with E-state index >= 15 is 0 Å². The van der Waals surface area contributed by atoms with Crippen LogP contribution in [0.2, 0.25) is 0 Å². The predicted octanol–water partition coefficient (Wildman–Crippen LogP) is 8.66. The number of pyridine rings is 3. The Morgan fingerprint density at radius 3 is 0.857 bits per heavy atom. The molecule has 0 atom stereocenters. The molecule has 42 heavy (non-hydrogen) atoms.